The molecule has 1 N–H and O–H groups in total. The van der Waals surface area contributed by atoms with Crippen LogP contribution in [0, 0.1) is 0 Å². The Labute approximate surface area is 218 Å². The van der Waals surface area contributed by atoms with Crippen molar-refractivity contribution >= 4 is 33.5 Å². The molecule has 3 aromatic carbocycles. The molecule has 1 amide bonds. The van der Waals surface area contributed by atoms with Crippen molar-refractivity contribution in [1.29, 1.82) is 0 Å². The maximum atomic E-state index is 13.6. The molecule has 196 valence electrons. The molecule has 0 atom stereocenters. The Morgan fingerprint density at radius 3 is 2.14 bits per heavy atom. The van der Waals surface area contributed by atoms with Gasteiger partial charge in [-0.3, -0.25) is 9.10 Å². The SMILES string of the molecule is CCN(CC)c1ccc(/C=N\NC(=O)CN(c2ccccc2)S(=O)(=O)c2ccc(OC)c(OC)c2)cc1. The zero-order valence-electron chi connectivity index (χ0n) is 21.4. The molecule has 0 unspecified atom stereocenters. The van der Waals surface area contributed by atoms with Crippen LogP contribution >= 0.6 is 0 Å². The maximum absolute atomic E-state index is 13.6. The normalized spacial score (nSPS) is 11.2. The monoisotopic (exact) mass is 524 g/mol. The van der Waals surface area contributed by atoms with Gasteiger partial charge in [-0.05, 0) is 55.8 Å². The Morgan fingerprint density at radius 1 is 0.892 bits per heavy atom. The minimum absolute atomic E-state index is 0.0430. The Kier molecular flexibility index (Phi) is 9.51. The van der Waals surface area contributed by atoms with Crippen molar-refractivity contribution in [2.75, 3.05) is 43.1 Å². The van der Waals surface area contributed by atoms with E-state index in [1.54, 1.807) is 30.3 Å². The summed E-state index contributed by atoms with van der Waals surface area (Å²) in [4.78, 5) is 14.9. The molecule has 0 spiro atoms. The van der Waals surface area contributed by atoms with Crippen LogP contribution in [-0.2, 0) is 14.8 Å². The Bertz CT molecular complexity index is 1310. The molecule has 3 rings (SSSR count). The molecular weight excluding hydrogens is 492 g/mol. The van der Waals surface area contributed by atoms with Gasteiger partial charge < -0.3 is 14.4 Å². The van der Waals surface area contributed by atoms with Crippen molar-refractivity contribution in [3.8, 4) is 11.5 Å². The number of hydrogen-bond donors (Lipinski definition) is 1. The molecule has 0 saturated heterocycles. The Balaban J connectivity index is 1.79. The van der Waals surface area contributed by atoms with Crippen molar-refractivity contribution in [3.63, 3.8) is 0 Å². The number of hydrogen-bond acceptors (Lipinski definition) is 7. The second-order valence-corrected chi connectivity index (χ2v) is 9.78. The Hall–Kier alpha value is -4.05. The molecule has 0 aliphatic heterocycles. The number of methoxy groups -OCH3 is 2. The molecule has 9 nitrogen and oxygen atoms in total. The van der Waals surface area contributed by atoms with Crippen LogP contribution < -0.4 is 24.1 Å². The van der Waals surface area contributed by atoms with Gasteiger partial charge in [0.1, 0.15) is 6.54 Å². The van der Waals surface area contributed by atoms with E-state index in [1.807, 2.05) is 24.3 Å². The summed E-state index contributed by atoms with van der Waals surface area (Å²) >= 11 is 0. The van der Waals surface area contributed by atoms with Crippen LogP contribution in [0.25, 0.3) is 0 Å². The largest absolute Gasteiger partial charge is 0.493 e. The molecular formula is C27H32N4O5S. The summed E-state index contributed by atoms with van der Waals surface area (Å²) in [6.45, 7) is 5.53. The lowest BCUT2D eigenvalue weighted by atomic mass is 10.2. The van der Waals surface area contributed by atoms with E-state index in [0.717, 1.165) is 28.6 Å². The third kappa shape index (κ3) is 6.79. The second-order valence-electron chi connectivity index (χ2n) is 7.92. The van der Waals surface area contributed by atoms with Crippen LogP contribution in [0.5, 0.6) is 11.5 Å². The highest BCUT2D eigenvalue weighted by atomic mass is 32.2. The zero-order valence-corrected chi connectivity index (χ0v) is 22.2. The van der Waals surface area contributed by atoms with Crippen molar-refractivity contribution in [3.05, 3.63) is 78.4 Å². The molecule has 0 aliphatic rings. The number of ether oxygens (including phenoxy) is 2. The maximum Gasteiger partial charge on any atom is 0.264 e. The van der Waals surface area contributed by atoms with Gasteiger partial charge in [0, 0.05) is 24.8 Å². The zero-order chi connectivity index (χ0) is 26.8. The van der Waals surface area contributed by atoms with Gasteiger partial charge in [0.2, 0.25) is 0 Å². The first-order chi connectivity index (χ1) is 17.8. The van der Waals surface area contributed by atoms with E-state index in [4.69, 9.17) is 9.47 Å². The lowest BCUT2D eigenvalue weighted by molar-refractivity contribution is -0.119. The number of benzene rings is 3. The average Bonchev–Trinajstić information content (AvgIpc) is 2.93. The summed E-state index contributed by atoms with van der Waals surface area (Å²) in [6, 6.07) is 20.5. The van der Waals surface area contributed by atoms with Gasteiger partial charge in [0.05, 0.1) is 31.0 Å². The molecule has 0 radical (unpaired) electrons. The van der Waals surface area contributed by atoms with Crippen molar-refractivity contribution in [2.24, 2.45) is 5.10 Å². The van der Waals surface area contributed by atoms with Crippen LogP contribution in [0.15, 0.2) is 82.8 Å². The number of hydrazone groups is 1. The van der Waals surface area contributed by atoms with Crippen molar-refractivity contribution in [1.82, 2.24) is 5.43 Å². The van der Waals surface area contributed by atoms with Crippen LogP contribution in [0.1, 0.15) is 19.4 Å². The fourth-order valence-corrected chi connectivity index (χ4v) is 5.16. The number of carbonyl (C=O) groups excluding carboxylic acids is 1. The Morgan fingerprint density at radius 2 is 1.54 bits per heavy atom. The van der Waals surface area contributed by atoms with E-state index in [-0.39, 0.29) is 10.6 Å². The molecule has 0 aliphatic carbocycles. The highest BCUT2D eigenvalue weighted by Gasteiger charge is 2.28. The average molecular weight is 525 g/mol. The van der Waals surface area contributed by atoms with Crippen molar-refractivity contribution < 1.29 is 22.7 Å². The number of nitrogens with zero attached hydrogens (tertiary/aromatic N) is 3. The standard InChI is InChI=1S/C27H32N4O5S/c1-5-30(6-2)22-14-12-21(13-15-22)19-28-29-27(32)20-31(23-10-8-7-9-11-23)37(33,34)24-16-17-25(35-3)26(18-24)36-4/h7-19H,5-6,20H2,1-4H3,(H,29,32)/b28-19-. The summed E-state index contributed by atoms with van der Waals surface area (Å²) in [7, 11) is -1.23. The first-order valence-corrected chi connectivity index (χ1v) is 13.2. The van der Waals surface area contributed by atoms with E-state index < -0.39 is 22.5 Å². The third-order valence-corrected chi connectivity index (χ3v) is 7.47. The lowest BCUT2D eigenvalue weighted by Crippen LogP contribution is -2.39. The first kappa shape index (κ1) is 27.5. The molecule has 3 aromatic rings. The number of anilines is 2. The molecule has 0 saturated carbocycles. The van der Waals surface area contributed by atoms with Crippen molar-refractivity contribution in [2.45, 2.75) is 18.7 Å². The molecule has 10 heteroatoms. The molecule has 0 heterocycles. The van der Waals surface area contributed by atoms with E-state index in [2.05, 4.69) is 29.3 Å². The predicted molar refractivity (Wildman–Crippen MR) is 146 cm³/mol. The van der Waals surface area contributed by atoms with E-state index in [9.17, 15) is 13.2 Å². The fourth-order valence-electron chi connectivity index (χ4n) is 3.72. The summed E-state index contributed by atoms with van der Waals surface area (Å²) in [5, 5.41) is 4.01. The second kappa shape index (κ2) is 12.8. The van der Waals surface area contributed by atoms with Gasteiger partial charge in [-0.25, -0.2) is 13.8 Å². The summed E-state index contributed by atoms with van der Waals surface area (Å²) in [5.41, 5.74) is 4.66. The van der Waals surface area contributed by atoms with Crippen LogP contribution in [-0.4, -0.2) is 54.4 Å². The van der Waals surface area contributed by atoms with E-state index >= 15 is 0 Å². The number of sulfonamides is 1. The number of rotatable bonds is 12. The summed E-state index contributed by atoms with van der Waals surface area (Å²) in [6.07, 6.45) is 1.51. The fraction of sp³-hybridized carbons (Fsp3) is 0.259. The minimum Gasteiger partial charge on any atom is -0.493 e. The van der Waals surface area contributed by atoms with Crippen LogP contribution in [0.4, 0.5) is 11.4 Å². The predicted octanol–water partition coefficient (Wildman–Crippen LogP) is 3.90. The molecule has 37 heavy (non-hydrogen) atoms. The van der Waals surface area contributed by atoms with Gasteiger partial charge in [-0.2, -0.15) is 5.10 Å². The topological polar surface area (TPSA) is 101 Å². The number of amides is 1. The number of para-hydroxylation sites is 1. The van der Waals surface area contributed by atoms with E-state index in [1.165, 1.54) is 38.6 Å². The van der Waals surface area contributed by atoms with Crippen LogP contribution in [0.2, 0.25) is 0 Å². The third-order valence-electron chi connectivity index (χ3n) is 5.70. The number of nitrogens with one attached hydrogen (secondary N) is 1. The highest BCUT2D eigenvalue weighted by Crippen LogP contribution is 2.32. The van der Waals surface area contributed by atoms with Gasteiger partial charge in [-0.1, -0.05) is 30.3 Å². The summed E-state index contributed by atoms with van der Waals surface area (Å²) in [5.74, 6) is 0.0616. The smallest absolute Gasteiger partial charge is 0.264 e. The number of carbonyl (C=O) groups is 1. The van der Waals surface area contributed by atoms with E-state index in [0.29, 0.717) is 11.4 Å². The quantitative estimate of drug-likeness (QED) is 0.285. The minimum atomic E-state index is -4.12. The van der Waals surface area contributed by atoms with Gasteiger partial charge in [0.15, 0.2) is 11.5 Å². The van der Waals surface area contributed by atoms with Gasteiger partial charge >= 0.3 is 0 Å². The van der Waals surface area contributed by atoms with Gasteiger partial charge in [0.25, 0.3) is 15.9 Å². The highest BCUT2D eigenvalue weighted by molar-refractivity contribution is 7.92. The summed E-state index contributed by atoms with van der Waals surface area (Å²) < 4.78 is 38.6. The molecule has 0 aromatic heterocycles. The van der Waals surface area contributed by atoms with Crippen LogP contribution in [0.3, 0.4) is 0 Å². The lowest BCUT2D eigenvalue weighted by Gasteiger charge is -2.24. The molecule has 0 bridgehead atoms. The van der Waals surface area contributed by atoms with Gasteiger partial charge in [-0.15, -0.1) is 0 Å². The first-order valence-electron chi connectivity index (χ1n) is 11.8. The molecule has 0 fully saturated rings.